The number of hydrogen-bond acceptors (Lipinski definition) is 4. The van der Waals surface area contributed by atoms with Crippen molar-refractivity contribution in [2.45, 2.75) is 26.4 Å². The highest BCUT2D eigenvalue weighted by atomic mass is 16.5. The number of benzene rings is 1. The molecule has 0 saturated carbocycles. The van der Waals surface area contributed by atoms with E-state index in [9.17, 15) is 0 Å². The van der Waals surface area contributed by atoms with Gasteiger partial charge >= 0.3 is 0 Å². The van der Waals surface area contributed by atoms with Crippen LogP contribution in [0.1, 0.15) is 18.2 Å². The molecule has 4 heteroatoms. The molecule has 0 spiro atoms. The summed E-state index contributed by atoms with van der Waals surface area (Å²) in [5.41, 5.74) is 2.20. The van der Waals surface area contributed by atoms with Gasteiger partial charge in [-0.05, 0) is 37.6 Å². The first-order valence-electron chi connectivity index (χ1n) is 7.10. The van der Waals surface area contributed by atoms with Crippen molar-refractivity contribution in [2.75, 3.05) is 13.7 Å². The highest BCUT2D eigenvalue weighted by Crippen LogP contribution is 2.25. The van der Waals surface area contributed by atoms with Gasteiger partial charge in [-0.2, -0.15) is 0 Å². The van der Waals surface area contributed by atoms with Crippen molar-refractivity contribution >= 4 is 0 Å². The van der Waals surface area contributed by atoms with Gasteiger partial charge in [-0.15, -0.1) is 0 Å². The lowest BCUT2D eigenvalue weighted by molar-refractivity contribution is 0.258. The highest BCUT2D eigenvalue weighted by molar-refractivity contribution is 5.39. The number of methoxy groups -OCH3 is 1. The Kier molecular flexibility index (Phi) is 5.58. The third kappa shape index (κ3) is 4.76. The lowest BCUT2D eigenvalue weighted by Gasteiger charge is -2.16. The molecule has 0 aliphatic carbocycles. The van der Waals surface area contributed by atoms with Crippen LogP contribution in [0.3, 0.4) is 0 Å². The van der Waals surface area contributed by atoms with Gasteiger partial charge in [-0.1, -0.05) is 18.2 Å². The molecule has 1 aromatic heterocycles. The van der Waals surface area contributed by atoms with E-state index in [-0.39, 0.29) is 6.04 Å². The van der Waals surface area contributed by atoms with Crippen LogP contribution in [0.5, 0.6) is 11.5 Å². The summed E-state index contributed by atoms with van der Waals surface area (Å²) in [7, 11) is 1.65. The molecule has 1 aromatic carbocycles. The maximum Gasteiger partial charge on any atom is 0.161 e. The van der Waals surface area contributed by atoms with Gasteiger partial charge in [-0.3, -0.25) is 4.98 Å². The Morgan fingerprint density at radius 1 is 1.14 bits per heavy atom. The molecular formula is C17H22N2O2. The minimum absolute atomic E-state index is 0.220. The lowest BCUT2D eigenvalue weighted by atomic mass is 10.2. The quantitative estimate of drug-likeness (QED) is 0.850. The summed E-state index contributed by atoms with van der Waals surface area (Å²) in [6.45, 7) is 5.43. The predicted octanol–water partition coefficient (Wildman–Crippen LogP) is 2.96. The molecule has 0 fully saturated rings. The predicted molar refractivity (Wildman–Crippen MR) is 83.8 cm³/mol. The van der Waals surface area contributed by atoms with E-state index in [4.69, 9.17) is 9.47 Å². The largest absolute Gasteiger partial charge is 0.493 e. The second kappa shape index (κ2) is 7.64. The van der Waals surface area contributed by atoms with Crippen LogP contribution in [0.25, 0.3) is 0 Å². The normalized spacial score (nSPS) is 12.0. The van der Waals surface area contributed by atoms with Crippen LogP contribution in [0.15, 0.2) is 42.6 Å². The Hall–Kier alpha value is -2.07. The van der Waals surface area contributed by atoms with Gasteiger partial charge in [0.05, 0.1) is 12.8 Å². The summed E-state index contributed by atoms with van der Waals surface area (Å²) in [5, 5.41) is 3.40. The molecule has 0 unspecified atom stereocenters. The first-order chi connectivity index (χ1) is 10.2. The molecule has 0 bridgehead atoms. The SMILES string of the molecule is COc1ccccc1OC[C@@H](C)NCc1ccc(C)cn1. The van der Waals surface area contributed by atoms with Crippen LogP contribution in [0.4, 0.5) is 0 Å². The van der Waals surface area contributed by atoms with Crippen LogP contribution < -0.4 is 14.8 Å². The fraction of sp³-hybridized carbons (Fsp3) is 0.353. The maximum atomic E-state index is 5.79. The van der Waals surface area contributed by atoms with Crippen molar-refractivity contribution in [3.63, 3.8) is 0 Å². The third-order valence-corrected chi connectivity index (χ3v) is 3.16. The van der Waals surface area contributed by atoms with E-state index >= 15 is 0 Å². The van der Waals surface area contributed by atoms with Gasteiger partial charge in [0, 0.05) is 18.8 Å². The fourth-order valence-electron chi connectivity index (χ4n) is 1.89. The van der Waals surface area contributed by atoms with Crippen LogP contribution in [0.2, 0.25) is 0 Å². The topological polar surface area (TPSA) is 43.4 Å². The standard InChI is InChI=1S/C17H22N2O2/c1-13-8-9-15(19-10-13)11-18-14(2)12-21-17-7-5-4-6-16(17)20-3/h4-10,14,18H,11-12H2,1-3H3/t14-/m1/s1. The summed E-state index contributed by atoms with van der Waals surface area (Å²) in [5.74, 6) is 1.52. The summed E-state index contributed by atoms with van der Waals surface area (Å²) in [4.78, 5) is 4.37. The lowest BCUT2D eigenvalue weighted by Crippen LogP contribution is -2.31. The Morgan fingerprint density at radius 3 is 2.57 bits per heavy atom. The number of nitrogens with one attached hydrogen (secondary N) is 1. The molecule has 0 saturated heterocycles. The van der Waals surface area contributed by atoms with Gasteiger partial charge in [-0.25, -0.2) is 0 Å². The van der Waals surface area contributed by atoms with Crippen molar-refractivity contribution in [1.29, 1.82) is 0 Å². The first kappa shape index (κ1) is 15.3. The van der Waals surface area contributed by atoms with E-state index < -0.39 is 0 Å². The summed E-state index contributed by atoms with van der Waals surface area (Å²) in [6, 6.07) is 12.0. The molecule has 0 amide bonds. The number of aryl methyl sites for hydroxylation is 1. The molecule has 4 nitrogen and oxygen atoms in total. The van der Waals surface area contributed by atoms with Gasteiger partial charge < -0.3 is 14.8 Å². The monoisotopic (exact) mass is 286 g/mol. The van der Waals surface area contributed by atoms with Gasteiger partial charge in [0.25, 0.3) is 0 Å². The van der Waals surface area contributed by atoms with Crippen molar-refractivity contribution in [3.8, 4) is 11.5 Å². The van der Waals surface area contributed by atoms with Crippen LogP contribution in [-0.4, -0.2) is 24.7 Å². The molecule has 21 heavy (non-hydrogen) atoms. The van der Waals surface area contributed by atoms with Crippen molar-refractivity contribution in [1.82, 2.24) is 10.3 Å². The zero-order valence-corrected chi connectivity index (χ0v) is 12.8. The van der Waals surface area contributed by atoms with E-state index in [0.29, 0.717) is 6.61 Å². The molecule has 0 aliphatic heterocycles. The number of hydrogen-bond donors (Lipinski definition) is 1. The van der Waals surface area contributed by atoms with E-state index in [1.54, 1.807) is 7.11 Å². The molecule has 112 valence electrons. The molecule has 1 N–H and O–H groups in total. The Balaban J connectivity index is 1.79. The molecule has 1 atom stereocenters. The van der Waals surface area contributed by atoms with Gasteiger partial charge in [0.15, 0.2) is 11.5 Å². The number of rotatable bonds is 7. The molecule has 1 heterocycles. The van der Waals surface area contributed by atoms with E-state index in [2.05, 4.69) is 23.3 Å². The second-order valence-electron chi connectivity index (χ2n) is 5.07. The van der Waals surface area contributed by atoms with Crippen molar-refractivity contribution in [3.05, 3.63) is 53.9 Å². The smallest absolute Gasteiger partial charge is 0.161 e. The van der Waals surface area contributed by atoms with Crippen LogP contribution >= 0.6 is 0 Å². The van der Waals surface area contributed by atoms with Gasteiger partial charge in [0.2, 0.25) is 0 Å². The van der Waals surface area contributed by atoms with E-state index in [1.807, 2.05) is 43.5 Å². The highest BCUT2D eigenvalue weighted by Gasteiger charge is 2.06. The fourth-order valence-corrected chi connectivity index (χ4v) is 1.89. The van der Waals surface area contributed by atoms with Crippen molar-refractivity contribution in [2.24, 2.45) is 0 Å². The molecular weight excluding hydrogens is 264 g/mol. The Labute approximate surface area is 126 Å². The molecule has 2 aromatic rings. The number of para-hydroxylation sites is 2. The zero-order chi connectivity index (χ0) is 15.1. The zero-order valence-electron chi connectivity index (χ0n) is 12.8. The summed E-state index contributed by atoms with van der Waals surface area (Å²) >= 11 is 0. The van der Waals surface area contributed by atoms with E-state index in [1.165, 1.54) is 5.56 Å². The first-order valence-corrected chi connectivity index (χ1v) is 7.10. The van der Waals surface area contributed by atoms with Gasteiger partial charge in [0.1, 0.15) is 6.61 Å². The Bertz CT molecular complexity index is 555. The number of nitrogens with zero attached hydrogens (tertiary/aromatic N) is 1. The average molecular weight is 286 g/mol. The minimum atomic E-state index is 0.220. The average Bonchev–Trinajstić information content (AvgIpc) is 2.52. The third-order valence-electron chi connectivity index (χ3n) is 3.16. The van der Waals surface area contributed by atoms with Crippen molar-refractivity contribution < 1.29 is 9.47 Å². The summed E-state index contributed by atoms with van der Waals surface area (Å²) < 4.78 is 11.1. The maximum absolute atomic E-state index is 5.79. The number of aromatic nitrogens is 1. The minimum Gasteiger partial charge on any atom is -0.493 e. The van der Waals surface area contributed by atoms with Crippen LogP contribution in [0, 0.1) is 6.92 Å². The number of pyridine rings is 1. The molecule has 0 aliphatic rings. The van der Waals surface area contributed by atoms with Crippen LogP contribution in [-0.2, 0) is 6.54 Å². The molecule has 2 rings (SSSR count). The van der Waals surface area contributed by atoms with E-state index in [0.717, 1.165) is 23.7 Å². The Morgan fingerprint density at radius 2 is 1.90 bits per heavy atom. The summed E-state index contributed by atoms with van der Waals surface area (Å²) in [6.07, 6.45) is 1.88. The molecule has 0 radical (unpaired) electrons. The second-order valence-corrected chi connectivity index (χ2v) is 5.07. The number of ether oxygens (including phenoxy) is 2.